The van der Waals surface area contributed by atoms with Gasteiger partial charge in [-0.1, -0.05) is 54.6 Å². The summed E-state index contributed by atoms with van der Waals surface area (Å²) in [5.41, 5.74) is 5.35. The highest BCUT2D eigenvalue weighted by molar-refractivity contribution is 7.98. The number of rotatable bonds is 4. The van der Waals surface area contributed by atoms with E-state index in [1.54, 1.807) is 11.8 Å². The third kappa shape index (κ3) is 2.81. The van der Waals surface area contributed by atoms with Crippen molar-refractivity contribution in [2.45, 2.75) is 10.9 Å². The van der Waals surface area contributed by atoms with E-state index < -0.39 is 0 Å². The molecule has 0 aromatic heterocycles. The van der Waals surface area contributed by atoms with Crippen LogP contribution in [0.2, 0.25) is 0 Å². The Morgan fingerprint density at radius 1 is 0.905 bits per heavy atom. The lowest BCUT2D eigenvalue weighted by molar-refractivity contribution is 0.628. The van der Waals surface area contributed by atoms with Gasteiger partial charge in [0.2, 0.25) is 0 Å². The highest BCUT2D eigenvalue weighted by atomic mass is 32.2. The summed E-state index contributed by atoms with van der Waals surface area (Å²) >= 11 is 1.74. The molecule has 106 valence electrons. The Kier molecular flexibility index (Phi) is 4.25. The highest BCUT2D eigenvalue weighted by Crippen LogP contribution is 2.31. The van der Waals surface area contributed by atoms with E-state index in [0.29, 0.717) is 0 Å². The molecule has 0 aliphatic rings. The van der Waals surface area contributed by atoms with Crippen LogP contribution < -0.4 is 11.3 Å². The Balaban J connectivity index is 2.09. The van der Waals surface area contributed by atoms with Crippen LogP contribution in [0.1, 0.15) is 17.2 Å². The number of benzene rings is 3. The van der Waals surface area contributed by atoms with E-state index in [2.05, 4.69) is 78.4 Å². The Morgan fingerprint density at radius 3 is 2.38 bits per heavy atom. The zero-order valence-corrected chi connectivity index (χ0v) is 12.7. The SMILES string of the molecule is CSc1ccccc1C(NN)c1ccc2ccccc2c1. The zero-order chi connectivity index (χ0) is 14.7. The molecule has 0 aliphatic heterocycles. The molecule has 3 aromatic carbocycles. The minimum absolute atomic E-state index is 0.00161. The second kappa shape index (κ2) is 6.31. The molecule has 1 unspecified atom stereocenters. The van der Waals surface area contributed by atoms with Crippen LogP contribution >= 0.6 is 11.8 Å². The molecule has 0 saturated carbocycles. The monoisotopic (exact) mass is 294 g/mol. The summed E-state index contributed by atoms with van der Waals surface area (Å²) in [5.74, 6) is 5.85. The van der Waals surface area contributed by atoms with Gasteiger partial charge in [0.05, 0.1) is 6.04 Å². The summed E-state index contributed by atoms with van der Waals surface area (Å²) in [6.45, 7) is 0. The van der Waals surface area contributed by atoms with E-state index in [0.717, 1.165) is 0 Å². The molecule has 3 rings (SSSR count). The summed E-state index contributed by atoms with van der Waals surface area (Å²) in [6.07, 6.45) is 2.09. The van der Waals surface area contributed by atoms with Crippen LogP contribution in [0, 0.1) is 0 Å². The number of hydrogen-bond donors (Lipinski definition) is 2. The maximum Gasteiger partial charge on any atom is 0.0721 e. The predicted octanol–water partition coefficient (Wildman–Crippen LogP) is 4.11. The molecule has 0 heterocycles. The van der Waals surface area contributed by atoms with Crippen LogP contribution in [0.5, 0.6) is 0 Å². The maximum atomic E-state index is 5.85. The molecule has 0 bridgehead atoms. The van der Waals surface area contributed by atoms with Gasteiger partial charge in [0, 0.05) is 4.90 Å². The van der Waals surface area contributed by atoms with E-state index in [-0.39, 0.29) is 6.04 Å². The van der Waals surface area contributed by atoms with Crippen LogP contribution in [0.25, 0.3) is 10.8 Å². The van der Waals surface area contributed by atoms with Gasteiger partial charge in [0.15, 0.2) is 0 Å². The Bertz CT molecular complexity index is 755. The van der Waals surface area contributed by atoms with Gasteiger partial charge >= 0.3 is 0 Å². The maximum absolute atomic E-state index is 5.85. The van der Waals surface area contributed by atoms with Crippen molar-refractivity contribution < 1.29 is 0 Å². The van der Waals surface area contributed by atoms with Gasteiger partial charge in [0.1, 0.15) is 0 Å². The number of fused-ring (bicyclic) bond motifs is 1. The Hall–Kier alpha value is -1.81. The first-order chi connectivity index (χ1) is 10.3. The molecule has 0 spiro atoms. The number of thioether (sulfide) groups is 1. The summed E-state index contributed by atoms with van der Waals surface area (Å²) in [6, 6.07) is 23.2. The smallest absolute Gasteiger partial charge is 0.0721 e. The molecule has 1 atom stereocenters. The first-order valence-electron chi connectivity index (χ1n) is 6.91. The zero-order valence-electron chi connectivity index (χ0n) is 11.9. The minimum Gasteiger partial charge on any atom is -0.271 e. The van der Waals surface area contributed by atoms with Crippen molar-refractivity contribution in [3.8, 4) is 0 Å². The van der Waals surface area contributed by atoms with Crippen molar-refractivity contribution in [2.24, 2.45) is 5.84 Å². The van der Waals surface area contributed by atoms with E-state index in [1.165, 1.54) is 26.8 Å². The fraction of sp³-hybridized carbons (Fsp3) is 0.111. The average Bonchev–Trinajstić information content (AvgIpc) is 2.56. The molecular formula is C18H18N2S. The van der Waals surface area contributed by atoms with Gasteiger partial charge in [0.25, 0.3) is 0 Å². The average molecular weight is 294 g/mol. The first kappa shape index (κ1) is 14.1. The second-order valence-corrected chi connectivity index (χ2v) is 5.80. The van der Waals surface area contributed by atoms with Gasteiger partial charge in [-0.15, -0.1) is 11.8 Å². The van der Waals surface area contributed by atoms with E-state index in [9.17, 15) is 0 Å². The molecule has 3 aromatic rings. The Labute approximate surface area is 129 Å². The fourth-order valence-corrected chi connectivity index (χ4v) is 3.29. The van der Waals surface area contributed by atoms with Crippen LogP contribution in [0.15, 0.2) is 71.6 Å². The third-order valence-electron chi connectivity index (χ3n) is 3.72. The lowest BCUT2D eigenvalue weighted by Gasteiger charge is -2.20. The van der Waals surface area contributed by atoms with Crippen LogP contribution in [0.4, 0.5) is 0 Å². The largest absolute Gasteiger partial charge is 0.271 e. The molecule has 3 heteroatoms. The van der Waals surface area contributed by atoms with Crippen molar-refractivity contribution >= 4 is 22.5 Å². The first-order valence-corrected chi connectivity index (χ1v) is 8.13. The third-order valence-corrected chi connectivity index (χ3v) is 4.54. The quantitative estimate of drug-likeness (QED) is 0.432. The van der Waals surface area contributed by atoms with Gasteiger partial charge < -0.3 is 0 Å². The summed E-state index contributed by atoms with van der Waals surface area (Å²) in [7, 11) is 0. The minimum atomic E-state index is -0.00161. The number of hydrogen-bond acceptors (Lipinski definition) is 3. The van der Waals surface area contributed by atoms with E-state index in [4.69, 9.17) is 5.84 Å². The second-order valence-electron chi connectivity index (χ2n) is 4.95. The highest BCUT2D eigenvalue weighted by Gasteiger charge is 2.15. The fourth-order valence-electron chi connectivity index (χ4n) is 2.66. The van der Waals surface area contributed by atoms with E-state index >= 15 is 0 Å². The number of hydrazine groups is 1. The topological polar surface area (TPSA) is 38.0 Å². The molecule has 0 saturated heterocycles. The van der Waals surface area contributed by atoms with Gasteiger partial charge in [-0.25, -0.2) is 5.43 Å². The predicted molar refractivity (Wildman–Crippen MR) is 91.3 cm³/mol. The number of nitrogens with one attached hydrogen (secondary N) is 1. The van der Waals surface area contributed by atoms with Crippen molar-refractivity contribution in [1.82, 2.24) is 5.43 Å². The Morgan fingerprint density at radius 2 is 1.62 bits per heavy atom. The molecule has 0 aliphatic carbocycles. The molecule has 21 heavy (non-hydrogen) atoms. The molecule has 3 N–H and O–H groups in total. The van der Waals surface area contributed by atoms with Crippen LogP contribution in [-0.4, -0.2) is 6.26 Å². The molecule has 0 radical (unpaired) electrons. The van der Waals surface area contributed by atoms with Crippen molar-refractivity contribution in [2.75, 3.05) is 6.26 Å². The number of nitrogens with two attached hydrogens (primary N) is 1. The standard InChI is InChI=1S/C18H18N2S/c1-21-17-9-5-4-8-16(17)18(20-19)15-11-10-13-6-2-3-7-14(13)12-15/h2-12,18,20H,19H2,1H3. The van der Waals surface area contributed by atoms with Gasteiger partial charge in [-0.05, 0) is 40.3 Å². The van der Waals surface area contributed by atoms with E-state index in [1.807, 2.05) is 0 Å². The van der Waals surface area contributed by atoms with Crippen molar-refractivity contribution in [3.05, 3.63) is 77.9 Å². The van der Waals surface area contributed by atoms with Gasteiger partial charge in [-0.3, -0.25) is 5.84 Å². The van der Waals surface area contributed by atoms with Gasteiger partial charge in [-0.2, -0.15) is 0 Å². The lowest BCUT2D eigenvalue weighted by atomic mass is 9.96. The van der Waals surface area contributed by atoms with Crippen LogP contribution in [-0.2, 0) is 0 Å². The van der Waals surface area contributed by atoms with Crippen LogP contribution in [0.3, 0.4) is 0 Å². The molecule has 2 nitrogen and oxygen atoms in total. The van der Waals surface area contributed by atoms with Crippen molar-refractivity contribution in [1.29, 1.82) is 0 Å². The molecular weight excluding hydrogens is 276 g/mol. The summed E-state index contributed by atoms with van der Waals surface area (Å²) in [4.78, 5) is 1.24. The molecule has 0 fully saturated rings. The molecule has 0 amide bonds. The van der Waals surface area contributed by atoms with Crippen molar-refractivity contribution in [3.63, 3.8) is 0 Å². The summed E-state index contributed by atoms with van der Waals surface area (Å²) < 4.78 is 0. The summed E-state index contributed by atoms with van der Waals surface area (Å²) in [5, 5.41) is 2.48. The normalized spacial score (nSPS) is 12.5. The lowest BCUT2D eigenvalue weighted by Crippen LogP contribution is -2.29.